The molecular weight excluding hydrogens is 388 g/mol. The van der Waals surface area contributed by atoms with Crippen LogP contribution in [0.1, 0.15) is 21.5 Å². The van der Waals surface area contributed by atoms with Crippen molar-refractivity contribution in [3.63, 3.8) is 0 Å². The summed E-state index contributed by atoms with van der Waals surface area (Å²) < 4.78 is 5.31. The van der Waals surface area contributed by atoms with E-state index < -0.39 is 11.9 Å². The normalized spacial score (nSPS) is 13.7. The lowest BCUT2D eigenvalue weighted by Gasteiger charge is -2.35. The van der Waals surface area contributed by atoms with Gasteiger partial charge < -0.3 is 19.8 Å². The lowest BCUT2D eigenvalue weighted by molar-refractivity contribution is -0.159. The fourth-order valence-electron chi connectivity index (χ4n) is 3.13. The van der Waals surface area contributed by atoms with Gasteiger partial charge in [-0.05, 0) is 30.2 Å². The number of nitrogens with zero attached hydrogens (tertiary/aromatic N) is 2. The SMILES string of the molecule is COc1ccccc1C(=O)N1CCN(Cc2ccccc2C)CC1.O=C(O)C(=O)O. The van der Waals surface area contributed by atoms with Crippen LogP contribution in [0, 0.1) is 6.92 Å². The van der Waals surface area contributed by atoms with Crippen LogP contribution < -0.4 is 4.74 Å². The number of aliphatic carboxylic acids is 2. The fourth-order valence-corrected chi connectivity index (χ4v) is 3.13. The molecule has 2 aromatic rings. The number of rotatable bonds is 4. The third-order valence-corrected chi connectivity index (χ3v) is 4.84. The number of carbonyl (C=O) groups is 3. The minimum atomic E-state index is -1.82. The summed E-state index contributed by atoms with van der Waals surface area (Å²) in [5.41, 5.74) is 3.33. The number of ether oxygens (including phenoxy) is 1. The molecule has 8 heteroatoms. The van der Waals surface area contributed by atoms with Gasteiger partial charge in [0.05, 0.1) is 12.7 Å². The van der Waals surface area contributed by atoms with Crippen molar-refractivity contribution in [3.05, 3.63) is 65.2 Å². The number of carbonyl (C=O) groups excluding carboxylic acids is 1. The van der Waals surface area contributed by atoms with Crippen molar-refractivity contribution in [1.82, 2.24) is 9.80 Å². The number of methoxy groups -OCH3 is 1. The predicted octanol–water partition coefficient (Wildman–Crippen LogP) is 2.12. The number of amides is 1. The molecule has 1 saturated heterocycles. The smallest absolute Gasteiger partial charge is 0.414 e. The highest BCUT2D eigenvalue weighted by molar-refractivity contribution is 6.27. The molecule has 0 aliphatic carbocycles. The Morgan fingerprint density at radius 3 is 2.03 bits per heavy atom. The second-order valence-electron chi connectivity index (χ2n) is 6.81. The number of para-hydroxylation sites is 1. The van der Waals surface area contributed by atoms with Gasteiger partial charge in [-0.3, -0.25) is 9.69 Å². The van der Waals surface area contributed by atoms with E-state index in [1.165, 1.54) is 11.1 Å². The van der Waals surface area contributed by atoms with Crippen LogP contribution in [-0.2, 0) is 16.1 Å². The quantitative estimate of drug-likeness (QED) is 0.738. The molecule has 0 spiro atoms. The Hall–Kier alpha value is -3.39. The van der Waals surface area contributed by atoms with Crippen LogP contribution in [0.25, 0.3) is 0 Å². The van der Waals surface area contributed by atoms with Gasteiger partial charge in [0.1, 0.15) is 5.75 Å². The van der Waals surface area contributed by atoms with Crippen LogP contribution in [0.4, 0.5) is 0 Å². The Balaban J connectivity index is 0.000000469. The van der Waals surface area contributed by atoms with Crippen LogP contribution in [-0.4, -0.2) is 71.1 Å². The first kappa shape index (κ1) is 22.9. The van der Waals surface area contributed by atoms with Gasteiger partial charge in [-0.1, -0.05) is 36.4 Å². The van der Waals surface area contributed by atoms with Crippen molar-refractivity contribution in [2.75, 3.05) is 33.3 Å². The Bertz CT molecular complexity index is 879. The van der Waals surface area contributed by atoms with E-state index in [4.69, 9.17) is 24.5 Å². The maximum absolute atomic E-state index is 12.7. The Morgan fingerprint density at radius 1 is 0.900 bits per heavy atom. The van der Waals surface area contributed by atoms with E-state index >= 15 is 0 Å². The lowest BCUT2D eigenvalue weighted by atomic mass is 10.1. The maximum atomic E-state index is 12.7. The zero-order valence-corrected chi connectivity index (χ0v) is 17.1. The highest BCUT2D eigenvalue weighted by Gasteiger charge is 2.24. The van der Waals surface area contributed by atoms with Crippen molar-refractivity contribution in [1.29, 1.82) is 0 Å². The Morgan fingerprint density at radius 2 is 1.47 bits per heavy atom. The summed E-state index contributed by atoms with van der Waals surface area (Å²) in [6.07, 6.45) is 0. The lowest BCUT2D eigenvalue weighted by Crippen LogP contribution is -2.48. The first-order chi connectivity index (χ1) is 14.3. The van der Waals surface area contributed by atoms with Gasteiger partial charge in [-0.15, -0.1) is 0 Å². The number of hydrogen-bond donors (Lipinski definition) is 2. The summed E-state index contributed by atoms with van der Waals surface area (Å²) in [4.78, 5) is 35.3. The molecule has 2 N–H and O–H groups in total. The largest absolute Gasteiger partial charge is 0.496 e. The van der Waals surface area contributed by atoms with Gasteiger partial charge >= 0.3 is 11.9 Å². The molecule has 1 fully saturated rings. The highest BCUT2D eigenvalue weighted by Crippen LogP contribution is 2.20. The van der Waals surface area contributed by atoms with Crippen LogP contribution in [0.5, 0.6) is 5.75 Å². The molecule has 3 rings (SSSR count). The Labute approximate surface area is 175 Å². The van der Waals surface area contributed by atoms with E-state index in [0.29, 0.717) is 11.3 Å². The predicted molar refractivity (Wildman–Crippen MR) is 111 cm³/mol. The number of hydrogen-bond acceptors (Lipinski definition) is 5. The minimum absolute atomic E-state index is 0.0583. The van der Waals surface area contributed by atoms with E-state index in [-0.39, 0.29) is 5.91 Å². The van der Waals surface area contributed by atoms with Gasteiger partial charge in [0.2, 0.25) is 0 Å². The van der Waals surface area contributed by atoms with Crippen molar-refractivity contribution in [3.8, 4) is 5.75 Å². The van der Waals surface area contributed by atoms with E-state index in [0.717, 1.165) is 32.7 Å². The molecular formula is C22H26N2O6. The summed E-state index contributed by atoms with van der Waals surface area (Å²) in [6, 6.07) is 15.9. The third kappa shape index (κ3) is 6.31. The van der Waals surface area contributed by atoms with Gasteiger partial charge in [0, 0.05) is 32.7 Å². The molecule has 0 unspecified atom stereocenters. The van der Waals surface area contributed by atoms with E-state index in [1.54, 1.807) is 7.11 Å². The Kier molecular flexibility index (Phi) is 8.37. The van der Waals surface area contributed by atoms with Crippen molar-refractivity contribution < 1.29 is 29.3 Å². The number of aryl methyl sites for hydroxylation is 1. The average molecular weight is 414 g/mol. The number of carboxylic acid groups (broad SMARTS) is 2. The van der Waals surface area contributed by atoms with E-state index in [1.807, 2.05) is 29.2 Å². The second kappa shape index (κ2) is 11.0. The summed E-state index contributed by atoms with van der Waals surface area (Å²) in [5, 5.41) is 14.8. The summed E-state index contributed by atoms with van der Waals surface area (Å²) >= 11 is 0. The fraction of sp³-hybridized carbons (Fsp3) is 0.318. The van der Waals surface area contributed by atoms with Crippen LogP contribution in [0.2, 0.25) is 0 Å². The topological polar surface area (TPSA) is 107 Å². The molecule has 30 heavy (non-hydrogen) atoms. The van der Waals surface area contributed by atoms with Gasteiger partial charge in [0.25, 0.3) is 5.91 Å². The molecule has 0 radical (unpaired) electrons. The van der Waals surface area contributed by atoms with Crippen molar-refractivity contribution >= 4 is 17.8 Å². The van der Waals surface area contributed by atoms with Crippen molar-refractivity contribution in [2.24, 2.45) is 0 Å². The summed E-state index contributed by atoms with van der Waals surface area (Å²) in [6.45, 7) is 6.40. The molecule has 0 saturated carbocycles. The van der Waals surface area contributed by atoms with Gasteiger partial charge in [-0.25, -0.2) is 9.59 Å². The molecule has 1 aliphatic rings. The summed E-state index contributed by atoms with van der Waals surface area (Å²) in [5.74, 6) is -2.95. The maximum Gasteiger partial charge on any atom is 0.414 e. The first-order valence-corrected chi connectivity index (χ1v) is 9.48. The average Bonchev–Trinajstić information content (AvgIpc) is 2.75. The van der Waals surface area contributed by atoms with Gasteiger partial charge in [-0.2, -0.15) is 0 Å². The standard InChI is InChI=1S/C20H24N2O2.C2H2O4/c1-16-7-3-4-8-17(16)15-21-11-13-22(14-12-21)20(23)18-9-5-6-10-19(18)24-2;3-1(4)2(5)6/h3-10H,11-15H2,1-2H3;(H,3,4)(H,5,6). The number of carboxylic acids is 2. The molecule has 160 valence electrons. The second-order valence-corrected chi connectivity index (χ2v) is 6.81. The van der Waals surface area contributed by atoms with E-state index in [9.17, 15) is 4.79 Å². The highest BCUT2D eigenvalue weighted by atomic mass is 16.5. The molecule has 2 aromatic carbocycles. The molecule has 1 aliphatic heterocycles. The van der Waals surface area contributed by atoms with Crippen molar-refractivity contribution in [2.45, 2.75) is 13.5 Å². The molecule has 0 atom stereocenters. The zero-order chi connectivity index (χ0) is 22.1. The first-order valence-electron chi connectivity index (χ1n) is 9.48. The third-order valence-electron chi connectivity index (χ3n) is 4.84. The number of benzene rings is 2. The van der Waals surface area contributed by atoms with Crippen LogP contribution in [0.3, 0.4) is 0 Å². The summed E-state index contributed by atoms with van der Waals surface area (Å²) in [7, 11) is 1.60. The van der Waals surface area contributed by atoms with Gasteiger partial charge in [0.15, 0.2) is 0 Å². The zero-order valence-electron chi connectivity index (χ0n) is 17.1. The molecule has 1 heterocycles. The molecule has 0 bridgehead atoms. The number of piperazine rings is 1. The van der Waals surface area contributed by atoms with Crippen LogP contribution >= 0.6 is 0 Å². The minimum Gasteiger partial charge on any atom is -0.496 e. The molecule has 1 amide bonds. The van der Waals surface area contributed by atoms with E-state index in [2.05, 4.69) is 36.1 Å². The van der Waals surface area contributed by atoms with Crippen LogP contribution in [0.15, 0.2) is 48.5 Å². The monoisotopic (exact) mass is 414 g/mol. The molecule has 0 aromatic heterocycles. The molecule has 8 nitrogen and oxygen atoms in total.